The van der Waals surface area contributed by atoms with Crippen LogP contribution in [0.4, 0.5) is 0 Å². The zero-order valence-electron chi connectivity index (χ0n) is 26.0. The van der Waals surface area contributed by atoms with Crippen LogP contribution in [-0.4, -0.2) is 68.0 Å². The molecule has 0 aliphatic carbocycles. The Morgan fingerprint density at radius 3 is 2.51 bits per heavy atom. The number of likely N-dealkylation sites (tertiary alicyclic amines) is 1. The molecule has 0 bridgehead atoms. The van der Waals surface area contributed by atoms with Crippen molar-refractivity contribution < 1.29 is 9.53 Å². The Hall–Kier alpha value is -4.54. The summed E-state index contributed by atoms with van der Waals surface area (Å²) in [4.78, 5) is 32.5. The van der Waals surface area contributed by atoms with Crippen molar-refractivity contribution in [2.75, 3.05) is 26.8 Å². The van der Waals surface area contributed by atoms with Crippen molar-refractivity contribution in [2.24, 2.45) is 5.73 Å². The van der Waals surface area contributed by atoms with E-state index in [-0.39, 0.29) is 23.6 Å². The van der Waals surface area contributed by atoms with E-state index >= 15 is 0 Å². The molecular weight excluding hydrogens is 566 g/mol. The maximum atomic E-state index is 13.4. The van der Waals surface area contributed by atoms with Crippen LogP contribution in [0.3, 0.4) is 0 Å². The van der Waals surface area contributed by atoms with Gasteiger partial charge in [-0.15, -0.1) is 0 Å². The Morgan fingerprint density at radius 1 is 1.07 bits per heavy atom. The van der Waals surface area contributed by atoms with Crippen molar-refractivity contribution in [3.8, 4) is 16.8 Å². The van der Waals surface area contributed by atoms with Crippen molar-refractivity contribution in [3.05, 3.63) is 100 Å². The summed E-state index contributed by atoms with van der Waals surface area (Å²) in [6, 6.07) is 24.1. The van der Waals surface area contributed by atoms with E-state index in [4.69, 9.17) is 15.5 Å². The highest BCUT2D eigenvalue weighted by Gasteiger charge is 2.29. The van der Waals surface area contributed by atoms with Crippen LogP contribution in [0.25, 0.3) is 27.8 Å². The predicted octanol–water partition coefficient (Wildman–Crippen LogP) is 4.59. The van der Waals surface area contributed by atoms with Crippen LogP contribution in [0, 0.1) is 6.92 Å². The molecule has 3 aromatic carbocycles. The van der Waals surface area contributed by atoms with E-state index < -0.39 is 0 Å². The van der Waals surface area contributed by atoms with Crippen LogP contribution in [0.2, 0.25) is 0 Å². The number of aromatic amines is 1. The van der Waals surface area contributed by atoms with E-state index in [9.17, 15) is 9.59 Å². The van der Waals surface area contributed by atoms with Gasteiger partial charge in [-0.3, -0.25) is 4.79 Å². The molecule has 2 atom stereocenters. The minimum Gasteiger partial charge on any atom is -0.385 e. The van der Waals surface area contributed by atoms with Crippen LogP contribution in [0.5, 0.6) is 0 Å². The van der Waals surface area contributed by atoms with Gasteiger partial charge in [0.15, 0.2) is 0 Å². The van der Waals surface area contributed by atoms with Crippen molar-refractivity contribution in [1.82, 2.24) is 29.2 Å². The van der Waals surface area contributed by atoms with Gasteiger partial charge in [0, 0.05) is 51.7 Å². The molecule has 45 heavy (non-hydrogen) atoms. The average Bonchev–Trinajstić information content (AvgIpc) is 3.60. The SMILES string of the molecule is COCCCn1c(C2CCCN(C(=O)CC(N)Cc3ccc(-c4ccc(-n5c(C)n[nH]c5=O)cc4)cc3)C2)nc2ccccc21. The van der Waals surface area contributed by atoms with Crippen molar-refractivity contribution in [1.29, 1.82) is 0 Å². The minimum atomic E-state index is -0.266. The van der Waals surface area contributed by atoms with Gasteiger partial charge in [0.05, 0.1) is 16.7 Å². The van der Waals surface area contributed by atoms with E-state index in [1.165, 1.54) is 0 Å². The normalized spacial score (nSPS) is 15.9. The summed E-state index contributed by atoms with van der Waals surface area (Å²) in [6.07, 6.45) is 3.82. The molecule has 3 heterocycles. The Labute approximate surface area is 262 Å². The summed E-state index contributed by atoms with van der Waals surface area (Å²) in [5, 5.41) is 6.45. The lowest BCUT2D eigenvalue weighted by molar-refractivity contribution is -0.132. The molecule has 2 unspecified atom stereocenters. The highest BCUT2D eigenvalue weighted by atomic mass is 16.5. The van der Waals surface area contributed by atoms with Gasteiger partial charge in [0.2, 0.25) is 5.91 Å². The maximum absolute atomic E-state index is 13.4. The monoisotopic (exact) mass is 607 g/mol. The number of H-pyrrole nitrogens is 1. The molecule has 0 saturated carbocycles. The van der Waals surface area contributed by atoms with E-state index in [1.54, 1.807) is 18.6 Å². The molecule has 234 valence electrons. The topological polar surface area (TPSA) is 124 Å². The number of imidazole rings is 1. The zero-order valence-corrected chi connectivity index (χ0v) is 26.0. The third kappa shape index (κ3) is 6.77. The summed E-state index contributed by atoms with van der Waals surface area (Å²) in [5.41, 5.74) is 12.4. The van der Waals surface area contributed by atoms with E-state index in [1.807, 2.05) is 35.2 Å². The Balaban J connectivity index is 1.06. The number of carbonyl (C=O) groups is 1. The number of fused-ring (bicyclic) bond motifs is 1. The van der Waals surface area contributed by atoms with E-state index in [0.29, 0.717) is 31.8 Å². The Morgan fingerprint density at radius 2 is 1.80 bits per heavy atom. The third-order valence-electron chi connectivity index (χ3n) is 8.74. The molecule has 2 aromatic heterocycles. The number of benzene rings is 3. The van der Waals surface area contributed by atoms with E-state index in [2.05, 4.69) is 57.2 Å². The second-order valence-electron chi connectivity index (χ2n) is 12.0. The van der Waals surface area contributed by atoms with Crippen LogP contribution < -0.4 is 11.4 Å². The molecule has 10 nitrogen and oxygen atoms in total. The fraction of sp³-hybridized carbons (Fsp3) is 0.371. The van der Waals surface area contributed by atoms with Gasteiger partial charge < -0.3 is 19.9 Å². The quantitative estimate of drug-likeness (QED) is 0.212. The lowest BCUT2D eigenvalue weighted by atomic mass is 9.95. The van der Waals surface area contributed by atoms with E-state index in [0.717, 1.165) is 71.6 Å². The number of aromatic nitrogens is 5. The lowest BCUT2D eigenvalue weighted by Gasteiger charge is -2.33. The smallest absolute Gasteiger partial charge is 0.347 e. The summed E-state index contributed by atoms with van der Waals surface area (Å²) in [5.74, 6) is 1.98. The van der Waals surface area contributed by atoms with Crippen LogP contribution >= 0.6 is 0 Å². The summed E-state index contributed by atoms with van der Waals surface area (Å²) in [6.45, 7) is 4.76. The first-order valence-electron chi connectivity index (χ1n) is 15.7. The predicted molar refractivity (Wildman–Crippen MR) is 175 cm³/mol. The number of hydrogen-bond acceptors (Lipinski definition) is 6. The Bertz CT molecular complexity index is 1800. The van der Waals surface area contributed by atoms with Crippen LogP contribution in [-0.2, 0) is 22.5 Å². The number of hydrogen-bond donors (Lipinski definition) is 2. The molecule has 1 saturated heterocycles. The molecule has 0 spiro atoms. The third-order valence-corrected chi connectivity index (χ3v) is 8.74. The maximum Gasteiger partial charge on any atom is 0.347 e. The largest absolute Gasteiger partial charge is 0.385 e. The molecule has 5 aromatic rings. The number of methoxy groups -OCH3 is 1. The van der Waals surface area contributed by atoms with Gasteiger partial charge in [-0.1, -0.05) is 48.5 Å². The molecule has 1 amide bonds. The molecule has 10 heteroatoms. The second-order valence-corrected chi connectivity index (χ2v) is 12.0. The summed E-state index contributed by atoms with van der Waals surface area (Å²) < 4.78 is 9.16. The van der Waals surface area contributed by atoms with Crippen molar-refractivity contribution in [2.45, 2.75) is 57.5 Å². The number of rotatable bonds is 11. The highest BCUT2D eigenvalue weighted by Crippen LogP contribution is 2.30. The standard InChI is InChI=1S/C35H41N7O3/c1-24-38-39-35(44)42(24)30-16-14-27(15-17-30)26-12-10-25(11-13-26)21-29(36)22-33(43)40-18-5-7-28(23-40)34-37-31-8-3-4-9-32(31)41(34)19-6-20-45-2/h3-4,8-17,28-29H,5-7,18-23,36H2,1-2H3,(H,39,44). The van der Waals surface area contributed by atoms with Gasteiger partial charge >= 0.3 is 5.69 Å². The number of nitrogens with one attached hydrogen (secondary N) is 1. The number of carbonyl (C=O) groups excluding carboxylic acids is 1. The molecular formula is C35H41N7O3. The summed E-state index contributed by atoms with van der Waals surface area (Å²) in [7, 11) is 1.73. The van der Waals surface area contributed by atoms with Gasteiger partial charge in [-0.25, -0.2) is 19.4 Å². The van der Waals surface area contributed by atoms with Crippen molar-refractivity contribution >= 4 is 16.9 Å². The Kier molecular flexibility index (Phi) is 9.23. The average molecular weight is 608 g/mol. The fourth-order valence-electron chi connectivity index (χ4n) is 6.47. The molecule has 1 aliphatic heterocycles. The van der Waals surface area contributed by atoms with Gasteiger partial charge in [0.1, 0.15) is 11.6 Å². The first-order chi connectivity index (χ1) is 21.9. The number of nitrogens with zero attached hydrogens (tertiary/aromatic N) is 5. The first kappa shape index (κ1) is 30.5. The second kappa shape index (κ2) is 13.6. The number of aryl methyl sites for hydroxylation is 2. The molecule has 0 radical (unpaired) electrons. The minimum absolute atomic E-state index is 0.109. The van der Waals surface area contributed by atoms with Gasteiger partial charge in [-0.05, 0) is 73.6 Å². The number of ether oxygens (including phenoxy) is 1. The zero-order chi connectivity index (χ0) is 31.3. The van der Waals surface area contributed by atoms with Gasteiger partial charge in [0.25, 0.3) is 0 Å². The van der Waals surface area contributed by atoms with Crippen LogP contribution in [0.1, 0.15) is 48.8 Å². The number of amides is 1. The van der Waals surface area contributed by atoms with Gasteiger partial charge in [-0.2, -0.15) is 5.10 Å². The molecule has 1 aliphatic rings. The molecule has 1 fully saturated rings. The number of piperidine rings is 1. The number of para-hydroxylation sites is 2. The fourth-order valence-corrected chi connectivity index (χ4v) is 6.47. The number of nitrogens with two attached hydrogens (primary N) is 1. The lowest BCUT2D eigenvalue weighted by Crippen LogP contribution is -2.42. The summed E-state index contributed by atoms with van der Waals surface area (Å²) >= 11 is 0. The van der Waals surface area contributed by atoms with Crippen LogP contribution in [0.15, 0.2) is 77.6 Å². The first-order valence-corrected chi connectivity index (χ1v) is 15.7. The molecule has 3 N–H and O–H groups in total. The van der Waals surface area contributed by atoms with Crippen molar-refractivity contribution in [3.63, 3.8) is 0 Å². The molecule has 6 rings (SSSR count). The highest BCUT2D eigenvalue weighted by molar-refractivity contribution is 5.78.